The molecule has 198 valence electrons. The highest BCUT2D eigenvalue weighted by Crippen LogP contribution is 2.65. The van der Waals surface area contributed by atoms with Gasteiger partial charge in [-0.2, -0.15) is 5.26 Å². The van der Waals surface area contributed by atoms with E-state index in [1.54, 1.807) is 4.90 Å². The second kappa shape index (κ2) is 10.3. The monoisotopic (exact) mass is 507 g/mol. The summed E-state index contributed by atoms with van der Waals surface area (Å²) >= 11 is 0. The largest absolute Gasteiger partial charge is 0.481 e. The van der Waals surface area contributed by atoms with Crippen molar-refractivity contribution in [2.75, 3.05) is 19.7 Å². The van der Waals surface area contributed by atoms with Crippen LogP contribution in [-0.4, -0.2) is 61.4 Å². The first-order valence-electron chi connectivity index (χ1n) is 13.7. The average Bonchev–Trinajstić information content (AvgIpc) is 3.50. The fraction of sp³-hybridized carbons (Fsp3) is 0.679. The fourth-order valence-electron chi connectivity index (χ4n) is 7.08. The first kappa shape index (κ1) is 26.1. The number of hydrogen-bond acceptors (Lipinski definition) is 6. The van der Waals surface area contributed by atoms with Crippen molar-refractivity contribution in [3.05, 3.63) is 35.9 Å². The Labute approximate surface area is 220 Å². The van der Waals surface area contributed by atoms with Crippen LogP contribution < -0.4 is 5.32 Å². The molecule has 8 nitrogen and oxygen atoms in total. The normalized spacial score (nSPS) is 32.2. The van der Waals surface area contributed by atoms with Gasteiger partial charge in [0, 0.05) is 19.0 Å². The van der Waals surface area contributed by atoms with Crippen molar-refractivity contribution >= 4 is 19.1 Å². The Hall–Kier alpha value is -2.57. The number of likely N-dealkylation sites (tertiary alicyclic amines) is 1. The van der Waals surface area contributed by atoms with Crippen molar-refractivity contribution in [2.45, 2.75) is 76.9 Å². The van der Waals surface area contributed by atoms with E-state index in [9.17, 15) is 9.59 Å². The third-order valence-electron chi connectivity index (χ3n) is 9.51. The predicted molar refractivity (Wildman–Crippen MR) is 138 cm³/mol. The molecule has 3 saturated carbocycles. The number of hydrogen-bond donors (Lipinski definition) is 1. The van der Waals surface area contributed by atoms with Gasteiger partial charge >= 0.3 is 13.2 Å². The van der Waals surface area contributed by atoms with Crippen LogP contribution in [0.5, 0.6) is 0 Å². The van der Waals surface area contributed by atoms with Crippen molar-refractivity contribution in [2.24, 2.45) is 23.2 Å². The minimum Gasteiger partial charge on any atom is -0.449 e. The molecule has 1 aromatic rings. The molecule has 1 aromatic carbocycles. The molecule has 9 heteroatoms. The van der Waals surface area contributed by atoms with Crippen LogP contribution in [-0.2, 0) is 25.3 Å². The Morgan fingerprint density at radius 2 is 2.05 bits per heavy atom. The van der Waals surface area contributed by atoms with E-state index in [1.807, 2.05) is 24.3 Å². The molecule has 0 unspecified atom stereocenters. The molecule has 2 bridgehead atoms. The van der Waals surface area contributed by atoms with E-state index >= 15 is 0 Å². The maximum Gasteiger partial charge on any atom is 0.481 e. The van der Waals surface area contributed by atoms with Crippen LogP contribution in [0.4, 0.5) is 4.79 Å². The van der Waals surface area contributed by atoms with Crippen molar-refractivity contribution < 1.29 is 23.6 Å². The van der Waals surface area contributed by atoms with E-state index < -0.39 is 13.2 Å². The summed E-state index contributed by atoms with van der Waals surface area (Å²) in [5.74, 6) is 0.676. The summed E-state index contributed by atoms with van der Waals surface area (Å²) in [7, 11) is -0.521. The van der Waals surface area contributed by atoms with Crippen molar-refractivity contribution in [1.82, 2.24) is 10.2 Å². The van der Waals surface area contributed by atoms with Gasteiger partial charge in [-0.1, -0.05) is 44.2 Å². The summed E-state index contributed by atoms with van der Waals surface area (Å²) in [5.41, 5.74) is 1.10. The molecule has 0 radical (unpaired) electrons. The zero-order valence-corrected chi connectivity index (χ0v) is 22.2. The smallest absolute Gasteiger partial charge is 0.449 e. The molecule has 2 aliphatic heterocycles. The van der Waals surface area contributed by atoms with Crippen LogP contribution in [0.3, 0.4) is 0 Å². The maximum atomic E-state index is 12.9. The van der Waals surface area contributed by atoms with Gasteiger partial charge in [-0.3, -0.25) is 4.79 Å². The summed E-state index contributed by atoms with van der Waals surface area (Å²) in [6.45, 7) is 8.20. The number of carbonyl (C=O) groups is 2. The Kier molecular flexibility index (Phi) is 7.25. The molecule has 2 amide bonds. The highest BCUT2D eigenvalue weighted by molar-refractivity contribution is 6.47. The number of rotatable bonds is 8. The molecule has 6 rings (SSSR count). The van der Waals surface area contributed by atoms with E-state index in [1.165, 1.54) is 12.0 Å². The third-order valence-corrected chi connectivity index (χ3v) is 9.51. The van der Waals surface area contributed by atoms with Gasteiger partial charge in [0.05, 0.1) is 30.3 Å². The topological polar surface area (TPSA) is 101 Å². The maximum absolute atomic E-state index is 12.9. The van der Waals surface area contributed by atoms with Gasteiger partial charge in [0.15, 0.2) is 0 Å². The second-order valence-electron chi connectivity index (χ2n) is 12.0. The van der Waals surface area contributed by atoms with Crippen LogP contribution in [0.1, 0.15) is 58.4 Å². The molecule has 0 spiro atoms. The summed E-state index contributed by atoms with van der Waals surface area (Å²) in [6.07, 6.45) is 3.83. The molecule has 2 heterocycles. The van der Waals surface area contributed by atoms with E-state index in [0.29, 0.717) is 31.3 Å². The number of alkyl carbamates (subject to hydrolysis) is 1. The van der Waals surface area contributed by atoms with Gasteiger partial charge in [0.1, 0.15) is 6.42 Å². The average molecular weight is 507 g/mol. The van der Waals surface area contributed by atoms with E-state index in [0.717, 1.165) is 19.3 Å². The Bertz CT molecular complexity index is 1050. The van der Waals surface area contributed by atoms with Gasteiger partial charge in [-0.05, 0) is 61.8 Å². The molecular formula is C28H38BN3O5. The zero-order chi connectivity index (χ0) is 26.2. The fourth-order valence-corrected chi connectivity index (χ4v) is 7.08. The second-order valence-corrected chi connectivity index (χ2v) is 12.0. The number of amides is 2. The van der Waals surface area contributed by atoms with Gasteiger partial charge in [0.25, 0.3) is 0 Å². The quantitative estimate of drug-likeness (QED) is 0.538. The zero-order valence-electron chi connectivity index (χ0n) is 22.2. The third kappa shape index (κ3) is 5.11. The number of nitriles is 1. The van der Waals surface area contributed by atoms with Crippen LogP contribution in [0.25, 0.3) is 0 Å². The van der Waals surface area contributed by atoms with E-state index in [2.05, 4.69) is 38.2 Å². The van der Waals surface area contributed by atoms with E-state index in [4.69, 9.17) is 19.3 Å². The molecule has 3 aliphatic carbocycles. The number of ether oxygens (including phenoxy) is 1. The summed E-state index contributed by atoms with van der Waals surface area (Å²) in [5, 5.41) is 11.8. The Morgan fingerprint density at radius 3 is 2.78 bits per heavy atom. The lowest BCUT2D eigenvalue weighted by Gasteiger charge is -2.64. The number of nitrogens with one attached hydrogen (secondary N) is 1. The summed E-state index contributed by atoms with van der Waals surface area (Å²) in [6, 6.07) is 12.1. The SMILES string of the molecule is CC1(C)[C@@H]2C[C@H]3OB([C@H](CCc4ccccc4)NC(=O)OC[C@H]4CCN(C(=O)CC#N)C4)O[C@@]3(C)[C@H]1C2. The van der Waals surface area contributed by atoms with Crippen molar-refractivity contribution in [3.63, 3.8) is 0 Å². The van der Waals surface area contributed by atoms with Gasteiger partial charge in [-0.15, -0.1) is 0 Å². The lowest BCUT2D eigenvalue weighted by molar-refractivity contribution is -0.199. The Morgan fingerprint density at radius 1 is 1.27 bits per heavy atom. The summed E-state index contributed by atoms with van der Waals surface area (Å²) in [4.78, 5) is 26.5. The van der Waals surface area contributed by atoms with Gasteiger partial charge in [-0.25, -0.2) is 4.79 Å². The minimum absolute atomic E-state index is 0.0433. The standard InChI is InChI=1S/C28H38BN3O5/c1-27(2)21-15-22(27)28(3)23(16-21)36-29(37-28)24(10-9-19-7-5-4-6-8-19)31-26(34)35-18-20-12-14-32(17-20)25(33)11-13-30/h4-8,20-24H,9-12,14-18H2,1-3H3,(H,31,34)/t20-,21-,22-,23+,24-,28-/m0/s1. The van der Waals surface area contributed by atoms with Crippen molar-refractivity contribution in [3.8, 4) is 6.07 Å². The number of aryl methyl sites for hydroxylation is 1. The van der Waals surface area contributed by atoms with Crippen LogP contribution >= 0.6 is 0 Å². The lowest BCUT2D eigenvalue weighted by atomic mass is 9.43. The van der Waals surface area contributed by atoms with E-state index in [-0.39, 0.29) is 47.9 Å². The number of carbonyl (C=O) groups excluding carboxylic acids is 2. The van der Waals surface area contributed by atoms with Crippen LogP contribution in [0, 0.1) is 34.5 Å². The van der Waals surface area contributed by atoms with Crippen molar-refractivity contribution in [1.29, 1.82) is 5.26 Å². The van der Waals surface area contributed by atoms with Crippen LogP contribution in [0.2, 0.25) is 0 Å². The molecule has 5 aliphatic rings. The highest BCUT2D eigenvalue weighted by atomic mass is 16.7. The lowest BCUT2D eigenvalue weighted by Crippen LogP contribution is -2.65. The predicted octanol–water partition coefficient (Wildman–Crippen LogP) is 3.74. The first-order valence-corrected chi connectivity index (χ1v) is 13.7. The van der Waals surface area contributed by atoms with Gasteiger partial charge < -0.3 is 24.3 Å². The molecular weight excluding hydrogens is 469 g/mol. The highest BCUT2D eigenvalue weighted by Gasteiger charge is 2.68. The first-order chi connectivity index (χ1) is 17.7. The molecule has 37 heavy (non-hydrogen) atoms. The molecule has 5 fully saturated rings. The van der Waals surface area contributed by atoms with Gasteiger partial charge in [0.2, 0.25) is 5.91 Å². The number of nitrogens with zero attached hydrogens (tertiary/aromatic N) is 2. The molecule has 1 N–H and O–H groups in total. The van der Waals surface area contributed by atoms with Crippen LogP contribution in [0.15, 0.2) is 30.3 Å². The summed E-state index contributed by atoms with van der Waals surface area (Å²) < 4.78 is 18.8. The number of benzene rings is 1. The Balaban J connectivity index is 1.20. The minimum atomic E-state index is -0.521. The molecule has 0 aromatic heterocycles. The molecule has 2 saturated heterocycles. The molecule has 6 atom stereocenters.